The zero-order valence-corrected chi connectivity index (χ0v) is 10.0. The number of carbonyl (C=O) groups is 1. The van der Waals surface area contributed by atoms with E-state index in [2.05, 4.69) is 5.32 Å². The summed E-state index contributed by atoms with van der Waals surface area (Å²) in [6, 6.07) is 0.0574. The summed E-state index contributed by atoms with van der Waals surface area (Å²) < 4.78 is 0. The number of likely N-dealkylation sites (tertiary alicyclic amines) is 1. The lowest BCUT2D eigenvalue weighted by Crippen LogP contribution is -2.47. The number of rotatable bonds is 2. The highest BCUT2D eigenvalue weighted by molar-refractivity contribution is 5.75. The van der Waals surface area contributed by atoms with Crippen LogP contribution in [0.25, 0.3) is 0 Å². The van der Waals surface area contributed by atoms with E-state index in [-0.39, 0.29) is 11.6 Å². The van der Waals surface area contributed by atoms with Crippen LogP contribution in [0.5, 0.6) is 0 Å². The van der Waals surface area contributed by atoms with Gasteiger partial charge >= 0.3 is 6.03 Å². The zero-order valence-electron chi connectivity index (χ0n) is 10.0. The van der Waals surface area contributed by atoms with Crippen LogP contribution in [0.4, 0.5) is 4.79 Å². The first kappa shape index (κ1) is 12.3. The van der Waals surface area contributed by atoms with Crippen molar-refractivity contribution in [1.82, 2.24) is 10.2 Å². The van der Waals surface area contributed by atoms with Gasteiger partial charge in [0.15, 0.2) is 0 Å². The zero-order chi connectivity index (χ0) is 11.5. The Labute approximate surface area is 92.2 Å². The van der Waals surface area contributed by atoms with Gasteiger partial charge in [0.05, 0.1) is 0 Å². The van der Waals surface area contributed by atoms with Crippen LogP contribution in [-0.4, -0.2) is 36.1 Å². The van der Waals surface area contributed by atoms with Gasteiger partial charge in [0.25, 0.3) is 0 Å². The van der Waals surface area contributed by atoms with Gasteiger partial charge in [-0.15, -0.1) is 0 Å². The van der Waals surface area contributed by atoms with Crippen molar-refractivity contribution in [2.45, 2.75) is 39.2 Å². The molecule has 3 N–H and O–H groups in total. The maximum absolute atomic E-state index is 11.8. The van der Waals surface area contributed by atoms with Crippen molar-refractivity contribution in [3.05, 3.63) is 0 Å². The topological polar surface area (TPSA) is 58.4 Å². The molecular formula is C11H23N3O. The van der Waals surface area contributed by atoms with Crippen molar-refractivity contribution < 1.29 is 4.79 Å². The molecule has 4 nitrogen and oxygen atoms in total. The van der Waals surface area contributed by atoms with E-state index in [1.54, 1.807) is 0 Å². The van der Waals surface area contributed by atoms with E-state index >= 15 is 0 Å². The first-order valence-corrected chi connectivity index (χ1v) is 5.69. The third-order valence-electron chi connectivity index (χ3n) is 2.63. The van der Waals surface area contributed by atoms with Gasteiger partial charge in [-0.05, 0) is 46.1 Å². The molecule has 0 saturated carbocycles. The van der Waals surface area contributed by atoms with Gasteiger partial charge in [0.2, 0.25) is 0 Å². The predicted molar refractivity (Wildman–Crippen MR) is 61.6 cm³/mol. The van der Waals surface area contributed by atoms with Crippen LogP contribution in [0.15, 0.2) is 0 Å². The minimum atomic E-state index is -0.150. The van der Waals surface area contributed by atoms with Crippen LogP contribution in [0, 0.1) is 5.92 Å². The Morgan fingerprint density at radius 2 is 2.20 bits per heavy atom. The summed E-state index contributed by atoms with van der Waals surface area (Å²) in [5.74, 6) is 0.598. The fraction of sp³-hybridized carbons (Fsp3) is 0.909. The Kier molecular flexibility index (Phi) is 3.97. The third-order valence-corrected chi connectivity index (χ3v) is 2.63. The second-order valence-corrected chi connectivity index (χ2v) is 5.36. The van der Waals surface area contributed by atoms with Crippen LogP contribution >= 0.6 is 0 Å². The van der Waals surface area contributed by atoms with E-state index in [0.717, 1.165) is 32.5 Å². The molecule has 0 spiro atoms. The highest BCUT2D eigenvalue weighted by Crippen LogP contribution is 2.19. The second kappa shape index (κ2) is 4.84. The van der Waals surface area contributed by atoms with Crippen molar-refractivity contribution in [2.24, 2.45) is 11.7 Å². The van der Waals surface area contributed by atoms with Crippen molar-refractivity contribution in [3.8, 4) is 0 Å². The summed E-state index contributed by atoms with van der Waals surface area (Å²) in [5, 5.41) is 2.98. The van der Waals surface area contributed by atoms with Crippen molar-refractivity contribution in [2.75, 3.05) is 19.6 Å². The minimum absolute atomic E-state index is 0.0574. The molecule has 1 atom stereocenters. The molecule has 1 saturated heterocycles. The number of urea groups is 1. The number of nitrogens with one attached hydrogen (secondary N) is 1. The molecule has 1 fully saturated rings. The van der Waals surface area contributed by atoms with E-state index in [9.17, 15) is 4.79 Å². The van der Waals surface area contributed by atoms with Crippen molar-refractivity contribution >= 4 is 6.03 Å². The lowest BCUT2D eigenvalue weighted by Gasteiger charge is -2.25. The maximum atomic E-state index is 11.8. The molecule has 0 aromatic heterocycles. The highest BCUT2D eigenvalue weighted by Gasteiger charge is 2.27. The molecule has 0 aliphatic carbocycles. The van der Waals surface area contributed by atoms with Crippen LogP contribution in [-0.2, 0) is 0 Å². The number of carbonyl (C=O) groups excluding carboxylic acids is 1. The van der Waals surface area contributed by atoms with Crippen molar-refractivity contribution in [1.29, 1.82) is 0 Å². The van der Waals surface area contributed by atoms with Gasteiger partial charge in [-0.1, -0.05) is 0 Å². The standard InChI is InChI=1S/C11H23N3O/c1-11(2,3)13-10(15)14-7-5-9(8-14)4-6-12/h9H,4-8,12H2,1-3H3,(H,13,15). The number of nitrogens with two attached hydrogens (primary N) is 1. The summed E-state index contributed by atoms with van der Waals surface area (Å²) in [4.78, 5) is 13.7. The maximum Gasteiger partial charge on any atom is 0.317 e. The SMILES string of the molecule is CC(C)(C)NC(=O)N1CCC(CCN)C1. The van der Waals surface area contributed by atoms with E-state index in [4.69, 9.17) is 5.73 Å². The van der Waals surface area contributed by atoms with E-state index in [0.29, 0.717) is 5.92 Å². The van der Waals surface area contributed by atoms with Gasteiger partial charge in [0.1, 0.15) is 0 Å². The summed E-state index contributed by atoms with van der Waals surface area (Å²) >= 11 is 0. The average Bonchev–Trinajstić information content (AvgIpc) is 2.50. The summed E-state index contributed by atoms with van der Waals surface area (Å²) in [6.07, 6.45) is 2.12. The summed E-state index contributed by atoms with van der Waals surface area (Å²) in [6.45, 7) is 8.44. The number of amides is 2. The van der Waals surface area contributed by atoms with Crippen LogP contribution in [0.3, 0.4) is 0 Å². The van der Waals surface area contributed by atoms with Gasteiger partial charge in [-0.2, -0.15) is 0 Å². The average molecular weight is 213 g/mol. The quantitative estimate of drug-likeness (QED) is 0.723. The molecular weight excluding hydrogens is 190 g/mol. The molecule has 15 heavy (non-hydrogen) atoms. The highest BCUT2D eigenvalue weighted by atomic mass is 16.2. The molecule has 1 aliphatic rings. The largest absolute Gasteiger partial charge is 0.333 e. The number of hydrogen-bond donors (Lipinski definition) is 2. The van der Waals surface area contributed by atoms with E-state index in [1.165, 1.54) is 0 Å². The van der Waals surface area contributed by atoms with E-state index < -0.39 is 0 Å². The van der Waals surface area contributed by atoms with Gasteiger partial charge < -0.3 is 16.0 Å². The van der Waals surface area contributed by atoms with E-state index in [1.807, 2.05) is 25.7 Å². The van der Waals surface area contributed by atoms with Crippen LogP contribution in [0.2, 0.25) is 0 Å². The fourth-order valence-electron chi connectivity index (χ4n) is 1.89. The molecule has 2 amide bonds. The van der Waals surface area contributed by atoms with Gasteiger partial charge in [-0.25, -0.2) is 4.79 Å². The number of hydrogen-bond acceptors (Lipinski definition) is 2. The lowest BCUT2D eigenvalue weighted by atomic mass is 10.1. The first-order valence-electron chi connectivity index (χ1n) is 5.69. The normalized spacial score (nSPS) is 21.9. The Hall–Kier alpha value is -0.770. The lowest BCUT2D eigenvalue weighted by molar-refractivity contribution is 0.197. The van der Waals surface area contributed by atoms with Crippen LogP contribution < -0.4 is 11.1 Å². The Balaban J connectivity index is 2.37. The molecule has 4 heteroatoms. The smallest absolute Gasteiger partial charge is 0.317 e. The first-order chi connectivity index (χ1) is 6.92. The van der Waals surface area contributed by atoms with Crippen LogP contribution in [0.1, 0.15) is 33.6 Å². The molecule has 1 aliphatic heterocycles. The molecule has 0 radical (unpaired) electrons. The predicted octanol–water partition coefficient (Wildman–Crippen LogP) is 1.17. The van der Waals surface area contributed by atoms with Gasteiger partial charge in [0, 0.05) is 18.6 Å². The molecule has 1 rings (SSSR count). The summed E-state index contributed by atoms with van der Waals surface area (Å²) in [5.41, 5.74) is 5.36. The monoisotopic (exact) mass is 213 g/mol. The fourth-order valence-corrected chi connectivity index (χ4v) is 1.89. The molecule has 0 aromatic rings. The summed E-state index contributed by atoms with van der Waals surface area (Å²) in [7, 11) is 0. The molecule has 0 bridgehead atoms. The number of nitrogens with zero attached hydrogens (tertiary/aromatic N) is 1. The molecule has 1 unspecified atom stereocenters. The van der Waals surface area contributed by atoms with Crippen molar-refractivity contribution in [3.63, 3.8) is 0 Å². The third kappa shape index (κ3) is 4.08. The minimum Gasteiger partial charge on any atom is -0.333 e. The molecule has 0 aromatic carbocycles. The Morgan fingerprint density at radius 1 is 1.53 bits per heavy atom. The van der Waals surface area contributed by atoms with Gasteiger partial charge in [-0.3, -0.25) is 0 Å². The second-order valence-electron chi connectivity index (χ2n) is 5.36. The molecule has 1 heterocycles. The molecule has 88 valence electrons. The Morgan fingerprint density at radius 3 is 2.73 bits per heavy atom. The Bertz CT molecular complexity index is 222.